The molecule has 0 saturated heterocycles. The maximum absolute atomic E-state index is 10.1. The first-order valence-electron chi connectivity index (χ1n) is 6.09. The van der Waals surface area contributed by atoms with Gasteiger partial charge in [0.15, 0.2) is 0 Å². The lowest BCUT2D eigenvalue weighted by molar-refractivity contribution is 0.376. The molecular formula is C15H19NO. The van der Waals surface area contributed by atoms with Crippen LogP contribution in [0.15, 0.2) is 47.7 Å². The molecule has 2 nitrogen and oxygen atoms in total. The Labute approximate surface area is 103 Å². The van der Waals surface area contributed by atoms with E-state index in [0.717, 1.165) is 24.1 Å². The van der Waals surface area contributed by atoms with Crippen LogP contribution in [0.2, 0.25) is 0 Å². The molecule has 1 aromatic rings. The molecule has 0 bridgehead atoms. The van der Waals surface area contributed by atoms with E-state index in [1.54, 1.807) is 0 Å². The number of aliphatic hydroxyl groups excluding tert-OH is 1. The maximum atomic E-state index is 10.1. The van der Waals surface area contributed by atoms with Crippen molar-refractivity contribution in [3.63, 3.8) is 0 Å². The van der Waals surface area contributed by atoms with E-state index in [1.807, 2.05) is 26.0 Å². The molecule has 1 aliphatic heterocycles. The lowest BCUT2D eigenvalue weighted by Crippen LogP contribution is -2.20. The number of rotatable bonds is 0. The molecule has 1 unspecified atom stereocenters. The van der Waals surface area contributed by atoms with Gasteiger partial charge in [-0.05, 0) is 43.9 Å². The summed E-state index contributed by atoms with van der Waals surface area (Å²) in [4.78, 5) is 0. The Bertz CT molecular complexity index is 460. The number of para-hydroxylation sites is 1. The van der Waals surface area contributed by atoms with E-state index in [-0.39, 0.29) is 6.04 Å². The number of hydrogen-bond acceptors (Lipinski definition) is 2. The summed E-state index contributed by atoms with van der Waals surface area (Å²) >= 11 is 0. The van der Waals surface area contributed by atoms with Gasteiger partial charge in [-0.3, -0.25) is 0 Å². The zero-order valence-corrected chi connectivity index (χ0v) is 10.4. The average Bonchev–Trinajstić information content (AvgIpc) is 2.34. The number of benzene rings is 1. The van der Waals surface area contributed by atoms with Crippen molar-refractivity contribution in [1.82, 2.24) is 0 Å². The fourth-order valence-electron chi connectivity index (χ4n) is 2.11. The third kappa shape index (κ3) is 2.70. The quantitative estimate of drug-likeness (QED) is 0.708. The van der Waals surface area contributed by atoms with Crippen molar-refractivity contribution < 1.29 is 5.11 Å². The van der Waals surface area contributed by atoms with Gasteiger partial charge in [0.1, 0.15) is 5.76 Å². The highest BCUT2D eigenvalue weighted by Crippen LogP contribution is 2.21. The second-order valence-corrected chi connectivity index (χ2v) is 4.53. The van der Waals surface area contributed by atoms with Gasteiger partial charge in [0, 0.05) is 5.69 Å². The summed E-state index contributed by atoms with van der Waals surface area (Å²) in [7, 11) is 0. The largest absolute Gasteiger partial charge is 0.510 e. The zero-order valence-electron chi connectivity index (χ0n) is 10.4. The predicted octanol–water partition coefficient (Wildman–Crippen LogP) is 3.82. The van der Waals surface area contributed by atoms with Gasteiger partial charge in [0.05, 0.1) is 6.04 Å². The zero-order chi connectivity index (χ0) is 12.3. The Balaban J connectivity index is 2.37. The topological polar surface area (TPSA) is 32.3 Å². The molecule has 0 radical (unpaired) electrons. The van der Waals surface area contributed by atoms with E-state index in [4.69, 9.17) is 0 Å². The summed E-state index contributed by atoms with van der Waals surface area (Å²) in [6.45, 7) is 3.92. The highest BCUT2D eigenvalue weighted by atomic mass is 16.3. The summed E-state index contributed by atoms with van der Waals surface area (Å²) in [6.07, 6.45) is 6.15. The standard InChI is InChI=1S/C15H19NO/c1-11-7-3-4-8-13-9-5-6-10-14(13)16-12(2)15(11)17/h3,5-7,9-10,12,16-17H,4,8H2,1-2H3/b7-3-,15-11+. The van der Waals surface area contributed by atoms with Crippen LogP contribution in [0.1, 0.15) is 25.8 Å². The van der Waals surface area contributed by atoms with Crippen LogP contribution >= 0.6 is 0 Å². The van der Waals surface area contributed by atoms with Crippen molar-refractivity contribution in [3.05, 3.63) is 53.3 Å². The average molecular weight is 229 g/mol. The van der Waals surface area contributed by atoms with Crippen molar-refractivity contribution in [2.45, 2.75) is 32.7 Å². The van der Waals surface area contributed by atoms with E-state index >= 15 is 0 Å². The molecule has 2 N–H and O–H groups in total. The second-order valence-electron chi connectivity index (χ2n) is 4.53. The Morgan fingerprint density at radius 3 is 2.88 bits per heavy atom. The van der Waals surface area contributed by atoms with Crippen LogP contribution in [-0.4, -0.2) is 11.1 Å². The van der Waals surface area contributed by atoms with Gasteiger partial charge in [0.25, 0.3) is 0 Å². The summed E-state index contributed by atoms with van der Waals surface area (Å²) in [6, 6.07) is 8.23. The monoisotopic (exact) mass is 229 g/mol. The first kappa shape index (κ1) is 11.8. The van der Waals surface area contributed by atoms with Crippen molar-refractivity contribution in [3.8, 4) is 0 Å². The number of aliphatic hydroxyl groups is 1. The molecular weight excluding hydrogens is 210 g/mol. The molecule has 1 aromatic carbocycles. The van der Waals surface area contributed by atoms with Gasteiger partial charge >= 0.3 is 0 Å². The van der Waals surface area contributed by atoms with Crippen molar-refractivity contribution in [1.29, 1.82) is 0 Å². The van der Waals surface area contributed by atoms with Gasteiger partial charge in [-0.25, -0.2) is 0 Å². The second kappa shape index (κ2) is 5.09. The summed E-state index contributed by atoms with van der Waals surface area (Å²) in [5.74, 6) is 0.415. The van der Waals surface area contributed by atoms with Crippen LogP contribution in [0, 0.1) is 0 Å². The van der Waals surface area contributed by atoms with Crippen molar-refractivity contribution >= 4 is 5.69 Å². The minimum absolute atomic E-state index is 0.0566. The number of nitrogens with one attached hydrogen (secondary N) is 1. The smallest absolute Gasteiger partial charge is 0.117 e. The Morgan fingerprint density at radius 2 is 2.06 bits per heavy atom. The van der Waals surface area contributed by atoms with Gasteiger partial charge < -0.3 is 10.4 Å². The molecule has 2 rings (SSSR count). The lowest BCUT2D eigenvalue weighted by atomic mass is 10.0. The van der Waals surface area contributed by atoms with Crippen LogP contribution in [0.4, 0.5) is 5.69 Å². The molecule has 1 heterocycles. The minimum Gasteiger partial charge on any atom is -0.510 e. The summed E-state index contributed by atoms with van der Waals surface area (Å²) in [5, 5.41) is 13.4. The van der Waals surface area contributed by atoms with Crippen molar-refractivity contribution in [2.75, 3.05) is 5.32 Å². The van der Waals surface area contributed by atoms with Crippen LogP contribution in [0.3, 0.4) is 0 Å². The predicted molar refractivity (Wildman–Crippen MR) is 72.3 cm³/mol. The summed E-state index contributed by atoms with van der Waals surface area (Å²) in [5.41, 5.74) is 3.36. The van der Waals surface area contributed by atoms with E-state index in [0.29, 0.717) is 5.76 Å². The van der Waals surface area contributed by atoms with Crippen LogP contribution in [0.25, 0.3) is 0 Å². The highest BCUT2D eigenvalue weighted by molar-refractivity contribution is 5.53. The third-order valence-corrected chi connectivity index (χ3v) is 3.15. The van der Waals surface area contributed by atoms with E-state index in [9.17, 15) is 5.11 Å². The van der Waals surface area contributed by atoms with Crippen LogP contribution < -0.4 is 5.32 Å². The van der Waals surface area contributed by atoms with Crippen LogP contribution in [0.5, 0.6) is 0 Å². The fourth-order valence-corrected chi connectivity index (χ4v) is 2.11. The molecule has 0 saturated carbocycles. The first-order valence-corrected chi connectivity index (χ1v) is 6.09. The number of fused-ring (bicyclic) bond motifs is 1. The molecule has 17 heavy (non-hydrogen) atoms. The van der Waals surface area contributed by atoms with Gasteiger partial charge in [-0.15, -0.1) is 0 Å². The van der Waals surface area contributed by atoms with E-state index in [1.165, 1.54) is 5.56 Å². The Morgan fingerprint density at radius 1 is 1.29 bits per heavy atom. The SMILES string of the molecule is CC1=C(\O)C(C)Nc2ccccc2CC/C=C\1. The van der Waals surface area contributed by atoms with Crippen molar-refractivity contribution in [2.24, 2.45) is 0 Å². The highest BCUT2D eigenvalue weighted by Gasteiger charge is 2.12. The van der Waals surface area contributed by atoms with Gasteiger partial charge in [-0.1, -0.05) is 30.4 Å². The Hall–Kier alpha value is -1.70. The fraction of sp³-hybridized carbons (Fsp3) is 0.333. The molecule has 0 aromatic heterocycles. The molecule has 0 fully saturated rings. The first-order chi connectivity index (χ1) is 8.18. The number of allylic oxidation sites excluding steroid dienone is 3. The molecule has 0 aliphatic carbocycles. The molecule has 0 amide bonds. The normalized spacial score (nSPS) is 26.8. The summed E-state index contributed by atoms with van der Waals surface area (Å²) < 4.78 is 0. The molecule has 1 aliphatic rings. The third-order valence-electron chi connectivity index (χ3n) is 3.15. The number of anilines is 1. The Kier molecular flexibility index (Phi) is 3.52. The van der Waals surface area contributed by atoms with E-state index in [2.05, 4.69) is 29.6 Å². The minimum atomic E-state index is -0.0566. The van der Waals surface area contributed by atoms with Gasteiger partial charge in [-0.2, -0.15) is 0 Å². The number of aryl methyl sites for hydroxylation is 1. The maximum Gasteiger partial charge on any atom is 0.117 e. The molecule has 2 heteroatoms. The lowest BCUT2D eigenvalue weighted by Gasteiger charge is -2.19. The molecule has 0 spiro atoms. The van der Waals surface area contributed by atoms with Crippen LogP contribution in [-0.2, 0) is 6.42 Å². The molecule has 90 valence electrons. The van der Waals surface area contributed by atoms with E-state index < -0.39 is 0 Å². The molecule has 1 atom stereocenters. The number of hydrogen-bond donors (Lipinski definition) is 2. The van der Waals surface area contributed by atoms with Gasteiger partial charge in [0.2, 0.25) is 0 Å².